The highest BCUT2D eigenvalue weighted by molar-refractivity contribution is 7.91. The lowest BCUT2D eigenvalue weighted by Crippen LogP contribution is -2.46. The van der Waals surface area contributed by atoms with E-state index in [0.717, 1.165) is 20.9 Å². The summed E-state index contributed by atoms with van der Waals surface area (Å²) in [6.07, 6.45) is 8.26. The molecule has 224 valence electrons. The van der Waals surface area contributed by atoms with E-state index in [4.69, 9.17) is 0 Å². The maximum Gasteiger partial charge on any atom is 0.273 e. The van der Waals surface area contributed by atoms with E-state index in [2.05, 4.69) is 9.97 Å². The minimum absolute atomic E-state index is 0.0438. The van der Waals surface area contributed by atoms with Gasteiger partial charge in [-0.15, -0.1) is 0 Å². The number of nitrogens with one attached hydrogen (secondary N) is 1. The average molecular weight is 611 g/mol. The number of halogens is 1. The number of aromatic amines is 1. The lowest BCUT2D eigenvalue weighted by atomic mass is 9.75. The van der Waals surface area contributed by atoms with Crippen molar-refractivity contribution in [2.45, 2.75) is 38.4 Å². The molecule has 0 saturated heterocycles. The molecule has 1 aromatic carbocycles. The van der Waals surface area contributed by atoms with E-state index in [-0.39, 0.29) is 16.9 Å². The van der Waals surface area contributed by atoms with Gasteiger partial charge in [0.2, 0.25) is 10.0 Å². The molecule has 2 unspecified atom stereocenters. The summed E-state index contributed by atoms with van der Waals surface area (Å²) in [6, 6.07) is 14.5. The van der Waals surface area contributed by atoms with Gasteiger partial charge in [-0.2, -0.15) is 0 Å². The van der Waals surface area contributed by atoms with Gasteiger partial charge < -0.3 is 9.55 Å². The van der Waals surface area contributed by atoms with Gasteiger partial charge in [0.15, 0.2) is 0 Å². The zero-order valence-electron chi connectivity index (χ0n) is 24.9. The molecule has 0 aliphatic heterocycles. The zero-order valence-corrected chi connectivity index (χ0v) is 25.7. The molecule has 0 bridgehead atoms. The molecule has 6 rings (SSSR count). The molecular formula is C34H31FN4O4S. The Bertz CT molecular complexity index is 2240. The van der Waals surface area contributed by atoms with Gasteiger partial charge in [-0.1, -0.05) is 24.3 Å². The van der Waals surface area contributed by atoms with Crippen molar-refractivity contribution >= 4 is 26.5 Å². The average Bonchev–Trinajstić information content (AvgIpc) is 3.42. The van der Waals surface area contributed by atoms with Crippen molar-refractivity contribution in [3.8, 4) is 11.1 Å². The first-order valence-electron chi connectivity index (χ1n) is 14.1. The van der Waals surface area contributed by atoms with Crippen molar-refractivity contribution in [3.05, 3.63) is 140 Å². The Hall–Kier alpha value is -4.83. The number of aromatic nitrogens is 4. The maximum absolute atomic E-state index is 14.8. The second-order valence-electron chi connectivity index (χ2n) is 11.5. The highest BCUT2D eigenvalue weighted by Gasteiger charge is 2.50. The molecule has 0 saturated carbocycles. The molecule has 1 aliphatic carbocycles. The summed E-state index contributed by atoms with van der Waals surface area (Å²) in [5.74, 6) is -1.12. The molecule has 0 fully saturated rings. The number of hydrogen-bond donors (Lipinski definition) is 1. The van der Waals surface area contributed by atoms with Crippen molar-refractivity contribution in [1.29, 1.82) is 0 Å². The third-order valence-electron chi connectivity index (χ3n) is 8.62. The summed E-state index contributed by atoms with van der Waals surface area (Å²) < 4.78 is 44.4. The largest absolute Gasteiger partial charge is 0.327 e. The van der Waals surface area contributed by atoms with E-state index in [1.54, 1.807) is 57.4 Å². The van der Waals surface area contributed by atoms with Gasteiger partial charge >= 0.3 is 0 Å². The maximum atomic E-state index is 14.8. The molecule has 4 heterocycles. The third kappa shape index (κ3) is 4.57. The van der Waals surface area contributed by atoms with Gasteiger partial charge in [0.05, 0.1) is 0 Å². The lowest BCUT2D eigenvalue weighted by molar-refractivity contribution is 0.525. The van der Waals surface area contributed by atoms with E-state index in [1.165, 1.54) is 35.2 Å². The van der Waals surface area contributed by atoms with Crippen LogP contribution in [0.1, 0.15) is 42.3 Å². The van der Waals surface area contributed by atoms with Gasteiger partial charge in [-0.05, 0) is 91.9 Å². The number of H-pyrrole nitrogens is 1. The molecule has 1 N–H and O–H groups in total. The number of benzene rings is 1. The van der Waals surface area contributed by atoms with Crippen molar-refractivity contribution in [3.63, 3.8) is 0 Å². The SMILES string of the molecule is CC1=CC(c2cc(=O)n(C)cc2-c2ccc(F)cc2)=CC(c2cc(C)nc(C)c2)C1(C)S(=O)(=O)n1ccc2cc[nH]c(=O)c21. The highest BCUT2D eigenvalue weighted by atomic mass is 32.2. The Morgan fingerprint density at radius 1 is 0.955 bits per heavy atom. The van der Waals surface area contributed by atoms with Crippen LogP contribution in [0.25, 0.3) is 27.6 Å². The number of pyridine rings is 3. The zero-order chi connectivity index (χ0) is 31.6. The summed E-state index contributed by atoms with van der Waals surface area (Å²) in [4.78, 5) is 32.9. The minimum Gasteiger partial charge on any atom is -0.327 e. The Labute approximate surface area is 253 Å². The van der Waals surface area contributed by atoms with Crippen LogP contribution < -0.4 is 11.1 Å². The van der Waals surface area contributed by atoms with Crippen LogP contribution in [-0.4, -0.2) is 31.7 Å². The van der Waals surface area contributed by atoms with Crippen LogP contribution in [0.5, 0.6) is 0 Å². The van der Waals surface area contributed by atoms with Gasteiger partial charge in [0, 0.05) is 60.0 Å². The molecule has 2 atom stereocenters. The molecule has 4 aromatic heterocycles. The Morgan fingerprint density at radius 2 is 1.64 bits per heavy atom. The molecule has 0 amide bonds. The van der Waals surface area contributed by atoms with Crippen molar-refractivity contribution in [2.75, 3.05) is 0 Å². The van der Waals surface area contributed by atoms with Crippen molar-refractivity contribution in [1.82, 2.24) is 18.5 Å². The smallest absolute Gasteiger partial charge is 0.273 e. The van der Waals surface area contributed by atoms with Crippen molar-refractivity contribution in [2.24, 2.45) is 7.05 Å². The molecule has 5 aromatic rings. The van der Waals surface area contributed by atoms with Crippen LogP contribution in [0.15, 0.2) is 101 Å². The number of fused-ring (bicyclic) bond motifs is 1. The second-order valence-corrected chi connectivity index (χ2v) is 13.7. The first kappa shape index (κ1) is 29.3. The minimum atomic E-state index is -4.27. The standard InChI is InChI=1S/C34H31FN4O4S/c1-20-14-25(28-18-31(40)38(5)19-29(28)23-6-8-27(35)9-7-23)17-30(26-15-21(2)37-22(3)16-26)34(20,4)44(42,43)39-13-11-24-10-12-36-33(41)32(24)39/h6-19,30H,1-5H3,(H,36,41). The molecule has 0 radical (unpaired) electrons. The van der Waals surface area contributed by atoms with E-state index < -0.39 is 26.2 Å². The monoisotopic (exact) mass is 610 g/mol. The first-order chi connectivity index (χ1) is 20.8. The summed E-state index contributed by atoms with van der Waals surface area (Å²) in [5.41, 5.74) is 4.63. The topological polar surface area (TPSA) is 107 Å². The normalized spacial score (nSPS) is 18.7. The third-order valence-corrected chi connectivity index (χ3v) is 11.1. The van der Waals surface area contributed by atoms with E-state index in [1.807, 2.05) is 32.1 Å². The lowest BCUT2D eigenvalue weighted by Gasteiger charge is -2.40. The highest BCUT2D eigenvalue weighted by Crippen LogP contribution is 2.49. The number of allylic oxidation sites excluding steroid dienone is 3. The van der Waals surface area contributed by atoms with E-state index in [0.29, 0.717) is 33.2 Å². The second kappa shape index (κ2) is 10.4. The van der Waals surface area contributed by atoms with Crippen LogP contribution in [-0.2, 0) is 17.1 Å². The van der Waals surface area contributed by atoms with Gasteiger partial charge in [0.25, 0.3) is 11.1 Å². The van der Waals surface area contributed by atoms with Crippen LogP contribution in [0.2, 0.25) is 0 Å². The molecule has 0 spiro atoms. The van der Waals surface area contributed by atoms with Crippen LogP contribution in [0, 0.1) is 19.7 Å². The van der Waals surface area contributed by atoms with E-state index in [9.17, 15) is 22.4 Å². The summed E-state index contributed by atoms with van der Waals surface area (Å²) in [7, 11) is -2.62. The Balaban J connectivity index is 1.63. The number of nitrogens with zero attached hydrogens (tertiary/aromatic N) is 3. The quantitative estimate of drug-likeness (QED) is 0.279. The Morgan fingerprint density at radius 3 is 2.32 bits per heavy atom. The summed E-state index contributed by atoms with van der Waals surface area (Å²) >= 11 is 0. The summed E-state index contributed by atoms with van der Waals surface area (Å²) in [5, 5.41) is 0.505. The number of rotatable bonds is 5. The molecular weight excluding hydrogens is 579 g/mol. The number of hydrogen-bond acceptors (Lipinski definition) is 5. The first-order valence-corrected chi connectivity index (χ1v) is 15.5. The molecule has 44 heavy (non-hydrogen) atoms. The van der Waals surface area contributed by atoms with Crippen LogP contribution >= 0.6 is 0 Å². The number of aryl methyl sites for hydroxylation is 3. The fourth-order valence-corrected chi connectivity index (χ4v) is 8.25. The fraction of sp³-hybridized carbons (Fsp3) is 0.206. The van der Waals surface area contributed by atoms with Gasteiger partial charge in [-0.3, -0.25) is 14.6 Å². The molecule has 1 aliphatic rings. The van der Waals surface area contributed by atoms with Gasteiger partial charge in [0.1, 0.15) is 16.1 Å². The fourth-order valence-electron chi connectivity index (χ4n) is 6.20. The summed E-state index contributed by atoms with van der Waals surface area (Å²) in [6.45, 7) is 7.13. The predicted octanol–water partition coefficient (Wildman–Crippen LogP) is 5.61. The van der Waals surface area contributed by atoms with Crippen LogP contribution in [0.4, 0.5) is 4.39 Å². The Kier molecular flexibility index (Phi) is 6.92. The van der Waals surface area contributed by atoms with Crippen molar-refractivity contribution < 1.29 is 12.8 Å². The van der Waals surface area contributed by atoms with Crippen LogP contribution in [0.3, 0.4) is 0 Å². The molecule has 8 nitrogen and oxygen atoms in total. The van der Waals surface area contributed by atoms with Gasteiger partial charge in [-0.25, -0.2) is 16.8 Å². The molecule has 10 heteroatoms. The van der Waals surface area contributed by atoms with E-state index >= 15 is 0 Å². The predicted molar refractivity (Wildman–Crippen MR) is 171 cm³/mol.